The second kappa shape index (κ2) is 8.21. The SMILES string of the molecule is COC(=O)CCCSc1nnnn1CCNC(C)(C)C. The van der Waals surface area contributed by atoms with Gasteiger partial charge in [0.25, 0.3) is 0 Å². The van der Waals surface area contributed by atoms with Gasteiger partial charge in [-0.1, -0.05) is 11.8 Å². The first kappa shape index (κ1) is 16.9. The van der Waals surface area contributed by atoms with E-state index < -0.39 is 0 Å². The molecule has 0 unspecified atom stereocenters. The molecular formula is C12H23N5O2S. The van der Waals surface area contributed by atoms with Crippen molar-refractivity contribution in [2.75, 3.05) is 19.4 Å². The Morgan fingerprint density at radius 1 is 1.45 bits per heavy atom. The van der Waals surface area contributed by atoms with Crippen LogP contribution >= 0.6 is 11.8 Å². The molecule has 1 N–H and O–H groups in total. The molecule has 1 aromatic rings. The average Bonchev–Trinajstić information content (AvgIpc) is 2.80. The highest BCUT2D eigenvalue weighted by molar-refractivity contribution is 7.99. The van der Waals surface area contributed by atoms with Crippen LogP contribution in [-0.4, -0.2) is 51.1 Å². The van der Waals surface area contributed by atoms with Crippen LogP contribution in [0.4, 0.5) is 0 Å². The first-order valence-corrected chi connectivity index (χ1v) is 7.62. The zero-order valence-electron chi connectivity index (χ0n) is 12.5. The van der Waals surface area contributed by atoms with Crippen molar-refractivity contribution in [2.24, 2.45) is 0 Å². The minimum Gasteiger partial charge on any atom is -0.469 e. The lowest BCUT2D eigenvalue weighted by Gasteiger charge is -2.20. The molecule has 0 saturated carbocycles. The third kappa shape index (κ3) is 6.85. The predicted octanol–water partition coefficient (Wildman–Crippen LogP) is 1.11. The third-order valence-electron chi connectivity index (χ3n) is 2.46. The number of aromatic nitrogens is 4. The summed E-state index contributed by atoms with van der Waals surface area (Å²) in [4.78, 5) is 11.0. The molecule has 0 aromatic carbocycles. The van der Waals surface area contributed by atoms with Crippen LogP contribution in [0.5, 0.6) is 0 Å². The van der Waals surface area contributed by atoms with E-state index >= 15 is 0 Å². The van der Waals surface area contributed by atoms with Crippen LogP contribution in [0.3, 0.4) is 0 Å². The molecule has 0 amide bonds. The van der Waals surface area contributed by atoms with Crippen LogP contribution in [0.15, 0.2) is 5.16 Å². The Balaban J connectivity index is 2.29. The summed E-state index contributed by atoms with van der Waals surface area (Å²) < 4.78 is 6.37. The highest BCUT2D eigenvalue weighted by Crippen LogP contribution is 2.15. The zero-order chi connectivity index (χ0) is 15.0. The molecule has 0 aliphatic rings. The number of methoxy groups -OCH3 is 1. The molecule has 114 valence electrons. The van der Waals surface area contributed by atoms with Gasteiger partial charge in [0.15, 0.2) is 0 Å². The fourth-order valence-electron chi connectivity index (χ4n) is 1.46. The molecule has 0 fully saturated rings. The average molecular weight is 301 g/mol. The second-order valence-electron chi connectivity index (χ2n) is 5.39. The van der Waals surface area contributed by atoms with Gasteiger partial charge < -0.3 is 10.1 Å². The van der Waals surface area contributed by atoms with Gasteiger partial charge in [-0.25, -0.2) is 4.68 Å². The first-order valence-electron chi connectivity index (χ1n) is 6.63. The van der Waals surface area contributed by atoms with Crippen molar-refractivity contribution in [2.45, 2.75) is 50.9 Å². The van der Waals surface area contributed by atoms with E-state index in [1.54, 1.807) is 16.4 Å². The lowest BCUT2D eigenvalue weighted by atomic mass is 10.1. The third-order valence-corrected chi connectivity index (χ3v) is 3.51. The number of rotatable bonds is 8. The normalized spacial score (nSPS) is 11.6. The molecule has 1 rings (SSSR count). The Bertz CT molecular complexity index is 416. The van der Waals surface area contributed by atoms with Crippen LogP contribution in [0.1, 0.15) is 33.6 Å². The molecule has 20 heavy (non-hydrogen) atoms. The van der Waals surface area contributed by atoms with Crippen LogP contribution in [0.25, 0.3) is 0 Å². The molecule has 0 atom stereocenters. The van der Waals surface area contributed by atoms with Gasteiger partial charge in [0, 0.05) is 24.3 Å². The molecular weight excluding hydrogens is 278 g/mol. The lowest BCUT2D eigenvalue weighted by molar-refractivity contribution is -0.140. The Kier molecular flexibility index (Phi) is 6.94. The Labute approximate surface area is 123 Å². The van der Waals surface area contributed by atoms with Crippen LogP contribution in [-0.2, 0) is 16.1 Å². The van der Waals surface area contributed by atoms with E-state index in [1.807, 2.05) is 0 Å². The number of ether oxygens (including phenoxy) is 1. The van der Waals surface area contributed by atoms with Gasteiger partial charge in [-0.2, -0.15) is 0 Å². The van der Waals surface area contributed by atoms with Crippen LogP contribution in [0, 0.1) is 0 Å². The number of nitrogens with zero attached hydrogens (tertiary/aromatic N) is 4. The largest absolute Gasteiger partial charge is 0.469 e. The standard InChI is InChI=1S/C12H23N5O2S/c1-12(2,3)13-7-8-17-11(14-15-16-17)20-9-5-6-10(18)19-4/h13H,5-9H2,1-4H3. The Morgan fingerprint density at radius 3 is 2.85 bits per heavy atom. The van der Waals surface area contributed by atoms with Gasteiger partial charge in [0.2, 0.25) is 5.16 Å². The predicted molar refractivity (Wildman–Crippen MR) is 77.5 cm³/mol. The number of nitrogens with one attached hydrogen (secondary N) is 1. The quantitative estimate of drug-likeness (QED) is 0.437. The lowest BCUT2D eigenvalue weighted by Crippen LogP contribution is -2.38. The van der Waals surface area contributed by atoms with E-state index in [1.165, 1.54) is 7.11 Å². The van der Waals surface area contributed by atoms with Crippen molar-refractivity contribution in [3.8, 4) is 0 Å². The molecule has 0 radical (unpaired) electrons. The summed E-state index contributed by atoms with van der Waals surface area (Å²) in [5.74, 6) is 0.613. The van der Waals surface area contributed by atoms with Gasteiger partial charge in [-0.3, -0.25) is 4.79 Å². The summed E-state index contributed by atoms with van der Waals surface area (Å²) >= 11 is 1.56. The van der Waals surface area contributed by atoms with Gasteiger partial charge in [-0.15, -0.1) is 5.10 Å². The van der Waals surface area contributed by atoms with Crippen LogP contribution in [0.2, 0.25) is 0 Å². The number of hydrogen-bond donors (Lipinski definition) is 1. The van der Waals surface area contributed by atoms with Gasteiger partial charge in [-0.05, 0) is 37.6 Å². The molecule has 0 aliphatic heterocycles. The first-order chi connectivity index (χ1) is 9.42. The number of esters is 1. The van der Waals surface area contributed by atoms with Crippen molar-refractivity contribution < 1.29 is 9.53 Å². The molecule has 1 aromatic heterocycles. The molecule has 0 saturated heterocycles. The van der Waals surface area contributed by atoms with Crippen molar-refractivity contribution >= 4 is 17.7 Å². The zero-order valence-corrected chi connectivity index (χ0v) is 13.4. The molecule has 0 aliphatic carbocycles. The number of tetrazole rings is 1. The topological polar surface area (TPSA) is 81.9 Å². The summed E-state index contributed by atoms with van der Waals surface area (Å²) in [6.07, 6.45) is 1.18. The second-order valence-corrected chi connectivity index (χ2v) is 6.45. The van der Waals surface area contributed by atoms with Crippen molar-refractivity contribution in [1.29, 1.82) is 0 Å². The summed E-state index contributed by atoms with van der Waals surface area (Å²) in [7, 11) is 1.40. The van der Waals surface area contributed by atoms with Crippen molar-refractivity contribution in [1.82, 2.24) is 25.5 Å². The minimum absolute atomic E-state index is 0.0851. The van der Waals surface area contributed by atoms with E-state index in [2.05, 4.69) is 46.4 Å². The van der Waals surface area contributed by atoms with Crippen LogP contribution < -0.4 is 5.32 Å². The summed E-state index contributed by atoms with van der Waals surface area (Å²) in [6, 6.07) is 0. The maximum Gasteiger partial charge on any atom is 0.305 e. The Morgan fingerprint density at radius 2 is 2.20 bits per heavy atom. The smallest absolute Gasteiger partial charge is 0.305 e. The molecule has 8 heteroatoms. The van der Waals surface area contributed by atoms with Gasteiger partial charge in [0.1, 0.15) is 0 Å². The fourth-order valence-corrected chi connectivity index (χ4v) is 2.30. The molecule has 1 heterocycles. The van der Waals surface area contributed by atoms with E-state index in [0.717, 1.165) is 30.4 Å². The van der Waals surface area contributed by atoms with E-state index in [-0.39, 0.29) is 11.5 Å². The van der Waals surface area contributed by atoms with Crippen molar-refractivity contribution in [3.63, 3.8) is 0 Å². The van der Waals surface area contributed by atoms with E-state index in [9.17, 15) is 4.79 Å². The summed E-state index contributed by atoms with van der Waals surface area (Å²) in [5.41, 5.74) is 0.0851. The minimum atomic E-state index is -0.181. The van der Waals surface area contributed by atoms with Crippen molar-refractivity contribution in [3.05, 3.63) is 0 Å². The molecule has 0 spiro atoms. The highest BCUT2D eigenvalue weighted by atomic mass is 32.2. The maximum atomic E-state index is 11.0. The molecule has 7 nitrogen and oxygen atoms in total. The van der Waals surface area contributed by atoms with E-state index in [0.29, 0.717) is 6.42 Å². The number of thioether (sulfide) groups is 1. The molecule has 0 bridgehead atoms. The van der Waals surface area contributed by atoms with E-state index in [4.69, 9.17) is 0 Å². The number of carbonyl (C=O) groups is 1. The number of carbonyl (C=O) groups excluding carboxylic acids is 1. The maximum absolute atomic E-state index is 11.0. The monoisotopic (exact) mass is 301 g/mol. The Hall–Kier alpha value is -1.15. The highest BCUT2D eigenvalue weighted by Gasteiger charge is 2.10. The van der Waals surface area contributed by atoms with Gasteiger partial charge in [0.05, 0.1) is 13.7 Å². The summed E-state index contributed by atoms with van der Waals surface area (Å²) in [6.45, 7) is 7.90. The summed E-state index contributed by atoms with van der Waals surface area (Å²) in [5, 5.41) is 15.8. The van der Waals surface area contributed by atoms with Gasteiger partial charge >= 0.3 is 5.97 Å². The fraction of sp³-hybridized carbons (Fsp3) is 0.833. The number of hydrogen-bond acceptors (Lipinski definition) is 7.